The van der Waals surface area contributed by atoms with Gasteiger partial charge >= 0.3 is 5.97 Å². The van der Waals surface area contributed by atoms with Crippen molar-refractivity contribution in [1.82, 2.24) is 4.98 Å². The summed E-state index contributed by atoms with van der Waals surface area (Å²) in [5.74, 6) is 0.0690. The van der Waals surface area contributed by atoms with Crippen LogP contribution in [-0.2, 0) is 0 Å². The van der Waals surface area contributed by atoms with Gasteiger partial charge < -0.3 is 15.2 Å². The number of pyridine rings is 1. The number of anilines is 1. The van der Waals surface area contributed by atoms with Gasteiger partial charge in [0.1, 0.15) is 5.75 Å². The number of nitriles is 1. The summed E-state index contributed by atoms with van der Waals surface area (Å²) < 4.78 is 5.89. The van der Waals surface area contributed by atoms with Gasteiger partial charge in [0.2, 0.25) is 0 Å². The van der Waals surface area contributed by atoms with Crippen LogP contribution in [-0.4, -0.2) is 29.2 Å². The highest BCUT2D eigenvalue weighted by atomic mass is 16.5. The van der Waals surface area contributed by atoms with E-state index < -0.39 is 5.97 Å². The molecule has 0 spiro atoms. The molecule has 144 valence electrons. The summed E-state index contributed by atoms with van der Waals surface area (Å²) in [5.41, 5.74) is 4.51. The monoisotopic (exact) mass is 385 g/mol. The Balaban J connectivity index is 1.54. The number of benzene rings is 2. The first-order chi connectivity index (χ1) is 14.2. The number of hydrogen-bond acceptors (Lipinski definition) is 5. The van der Waals surface area contributed by atoms with Crippen molar-refractivity contribution in [1.29, 1.82) is 5.26 Å². The minimum Gasteiger partial charge on any atom is -0.493 e. The second-order valence-electron chi connectivity index (χ2n) is 6.88. The third-order valence-corrected chi connectivity index (χ3v) is 5.11. The zero-order chi connectivity index (χ0) is 20.2. The summed E-state index contributed by atoms with van der Waals surface area (Å²) in [6.45, 7) is 1.20. The molecule has 2 aromatic carbocycles. The van der Waals surface area contributed by atoms with Crippen molar-refractivity contribution in [2.75, 3.05) is 18.5 Å². The average Bonchev–Trinajstić information content (AvgIpc) is 2.77. The molecule has 2 N–H and O–H groups in total. The minimum atomic E-state index is -0.977. The topological polar surface area (TPSA) is 95.2 Å². The maximum absolute atomic E-state index is 11.4. The Morgan fingerprint density at radius 1 is 1.21 bits per heavy atom. The third kappa shape index (κ3) is 3.90. The van der Waals surface area contributed by atoms with Crippen LogP contribution in [0.2, 0.25) is 0 Å². The summed E-state index contributed by atoms with van der Waals surface area (Å²) >= 11 is 0. The van der Waals surface area contributed by atoms with E-state index in [0.717, 1.165) is 28.9 Å². The summed E-state index contributed by atoms with van der Waals surface area (Å²) in [6.07, 6.45) is 3.86. The number of aromatic carboxylic acids is 1. The van der Waals surface area contributed by atoms with Gasteiger partial charge in [0.15, 0.2) is 0 Å². The lowest BCUT2D eigenvalue weighted by molar-refractivity contribution is 0.0697. The SMILES string of the molecule is N#Cc1ccc(-c2ccc3c(c2)OCC[C@@H]3CNc2cnccc2C(=O)O)cc1. The number of ether oxygens (including phenoxy) is 1. The van der Waals surface area contributed by atoms with Gasteiger partial charge in [-0.3, -0.25) is 4.98 Å². The van der Waals surface area contributed by atoms with E-state index in [1.54, 1.807) is 12.1 Å². The molecule has 6 nitrogen and oxygen atoms in total. The van der Waals surface area contributed by atoms with Crippen LogP contribution in [0.15, 0.2) is 60.9 Å². The summed E-state index contributed by atoms with van der Waals surface area (Å²) in [5, 5.41) is 21.5. The van der Waals surface area contributed by atoms with Crippen molar-refractivity contribution in [2.24, 2.45) is 0 Å². The molecule has 0 radical (unpaired) electrons. The van der Waals surface area contributed by atoms with E-state index in [1.165, 1.54) is 18.5 Å². The molecular weight excluding hydrogens is 366 g/mol. The van der Waals surface area contributed by atoms with E-state index in [2.05, 4.69) is 28.5 Å². The van der Waals surface area contributed by atoms with E-state index in [0.29, 0.717) is 24.4 Å². The van der Waals surface area contributed by atoms with Crippen molar-refractivity contribution in [2.45, 2.75) is 12.3 Å². The molecule has 4 rings (SSSR count). The van der Waals surface area contributed by atoms with E-state index in [9.17, 15) is 9.90 Å². The van der Waals surface area contributed by atoms with Crippen molar-refractivity contribution < 1.29 is 14.6 Å². The molecule has 0 unspecified atom stereocenters. The van der Waals surface area contributed by atoms with E-state index in [1.807, 2.05) is 18.2 Å². The van der Waals surface area contributed by atoms with Crippen molar-refractivity contribution in [3.05, 3.63) is 77.6 Å². The van der Waals surface area contributed by atoms with Crippen LogP contribution in [0.4, 0.5) is 5.69 Å². The highest BCUT2D eigenvalue weighted by molar-refractivity contribution is 5.93. The number of hydrogen-bond donors (Lipinski definition) is 2. The normalized spacial score (nSPS) is 14.9. The predicted molar refractivity (Wildman–Crippen MR) is 109 cm³/mol. The fourth-order valence-electron chi connectivity index (χ4n) is 3.55. The average molecular weight is 385 g/mol. The van der Waals surface area contributed by atoms with Gasteiger partial charge in [-0.05, 0) is 47.4 Å². The Labute approximate surface area is 168 Å². The summed E-state index contributed by atoms with van der Waals surface area (Å²) in [4.78, 5) is 15.4. The number of nitrogens with one attached hydrogen (secondary N) is 1. The number of rotatable bonds is 5. The number of carboxylic acids is 1. The molecule has 0 bridgehead atoms. The molecule has 1 aromatic heterocycles. The van der Waals surface area contributed by atoms with Gasteiger partial charge in [0.25, 0.3) is 0 Å². The molecule has 1 aliphatic heterocycles. The molecule has 0 fully saturated rings. The van der Waals surface area contributed by atoms with Gasteiger partial charge in [-0.15, -0.1) is 0 Å². The van der Waals surface area contributed by atoms with E-state index >= 15 is 0 Å². The number of fused-ring (bicyclic) bond motifs is 1. The van der Waals surface area contributed by atoms with Gasteiger partial charge in [-0.1, -0.05) is 24.3 Å². The number of carboxylic acid groups (broad SMARTS) is 1. The first-order valence-corrected chi connectivity index (χ1v) is 9.34. The second kappa shape index (κ2) is 8.03. The van der Waals surface area contributed by atoms with Crippen molar-refractivity contribution in [3.8, 4) is 22.9 Å². The molecule has 0 amide bonds. The van der Waals surface area contributed by atoms with Crippen LogP contribution >= 0.6 is 0 Å². The van der Waals surface area contributed by atoms with Crippen molar-refractivity contribution in [3.63, 3.8) is 0 Å². The van der Waals surface area contributed by atoms with Crippen molar-refractivity contribution >= 4 is 11.7 Å². The Morgan fingerprint density at radius 2 is 2.00 bits per heavy atom. The van der Waals surface area contributed by atoms with Crippen LogP contribution in [0.5, 0.6) is 5.75 Å². The van der Waals surface area contributed by atoms with Crippen LogP contribution in [0.3, 0.4) is 0 Å². The maximum Gasteiger partial charge on any atom is 0.337 e. The number of nitrogens with zero attached hydrogens (tertiary/aromatic N) is 2. The predicted octanol–water partition coefficient (Wildman–Crippen LogP) is 4.30. The molecule has 6 heteroatoms. The minimum absolute atomic E-state index is 0.204. The smallest absolute Gasteiger partial charge is 0.337 e. The first kappa shape index (κ1) is 18.5. The molecule has 2 heterocycles. The van der Waals surface area contributed by atoms with Crippen LogP contribution in [0.25, 0.3) is 11.1 Å². The number of aromatic nitrogens is 1. The molecule has 3 aromatic rings. The molecule has 0 saturated carbocycles. The largest absolute Gasteiger partial charge is 0.493 e. The molecular formula is C23H19N3O3. The van der Waals surface area contributed by atoms with Gasteiger partial charge in [0.05, 0.1) is 35.7 Å². The Morgan fingerprint density at radius 3 is 2.76 bits per heavy atom. The van der Waals surface area contributed by atoms with Gasteiger partial charge in [0, 0.05) is 18.7 Å². The fraction of sp³-hybridized carbons (Fsp3) is 0.174. The third-order valence-electron chi connectivity index (χ3n) is 5.11. The first-order valence-electron chi connectivity index (χ1n) is 9.34. The van der Waals surface area contributed by atoms with Gasteiger partial charge in [-0.2, -0.15) is 5.26 Å². The summed E-state index contributed by atoms with van der Waals surface area (Å²) in [6, 6.07) is 17.2. The lowest BCUT2D eigenvalue weighted by Crippen LogP contribution is -2.21. The Bertz CT molecular complexity index is 1090. The Hall–Kier alpha value is -3.85. The summed E-state index contributed by atoms with van der Waals surface area (Å²) in [7, 11) is 0. The second-order valence-corrected chi connectivity index (χ2v) is 6.88. The number of carbonyl (C=O) groups is 1. The Kier molecular flexibility index (Phi) is 5.12. The zero-order valence-electron chi connectivity index (χ0n) is 15.6. The highest BCUT2D eigenvalue weighted by Gasteiger charge is 2.22. The standard InChI is InChI=1S/C23H19N3O3/c24-12-15-1-3-16(4-2-15)17-5-6-19-18(8-10-29-22(19)11-17)13-26-21-14-25-9-7-20(21)23(27)28/h1-7,9,11,14,18,26H,8,10,13H2,(H,27,28)/t18-/m1/s1. The van der Waals surface area contributed by atoms with Crippen LogP contribution < -0.4 is 10.1 Å². The lowest BCUT2D eigenvalue weighted by atomic mass is 9.91. The van der Waals surface area contributed by atoms with Crippen LogP contribution in [0.1, 0.15) is 33.8 Å². The molecule has 0 saturated heterocycles. The van der Waals surface area contributed by atoms with Gasteiger partial charge in [-0.25, -0.2) is 4.79 Å². The van der Waals surface area contributed by atoms with E-state index in [4.69, 9.17) is 10.00 Å². The quantitative estimate of drug-likeness (QED) is 0.680. The molecule has 1 aliphatic rings. The highest BCUT2D eigenvalue weighted by Crippen LogP contribution is 2.37. The zero-order valence-corrected chi connectivity index (χ0v) is 15.6. The van der Waals surface area contributed by atoms with Crippen LogP contribution in [0, 0.1) is 11.3 Å². The molecule has 1 atom stereocenters. The molecule has 29 heavy (non-hydrogen) atoms. The lowest BCUT2D eigenvalue weighted by Gasteiger charge is -2.27. The molecule has 0 aliphatic carbocycles. The fourth-order valence-corrected chi connectivity index (χ4v) is 3.55. The maximum atomic E-state index is 11.4. The van der Waals surface area contributed by atoms with E-state index in [-0.39, 0.29) is 11.5 Å².